The highest BCUT2D eigenvalue weighted by atomic mass is 16.2. The molecule has 0 aliphatic carbocycles. The molecule has 2 heterocycles. The van der Waals surface area contributed by atoms with Gasteiger partial charge < -0.3 is 10.2 Å². The number of carbonyl (C=O) groups excluding carboxylic acids is 1. The second-order valence-corrected chi connectivity index (χ2v) is 7.54. The molecule has 26 heavy (non-hydrogen) atoms. The number of fused-ring (bicyclic) bond motifs is 1. The van der Waals surface area contributed by atoms with Crippen molar-refractivity contribution >= 4 is 16.8 Å². The Morgan fingerprint density at radius 2 is 2.15 bits per heavy atom. The number of nitrogens with zero attached hydrogens (tertiary/aromatic N) is 3. The molecule has 0 saturated carbocycles. The number of para-hydroxylation sites is 1. The summed E-state index contributed by atoms with van der Waals surface area (Å²) in [6.07, 6.45) is 2.51. The lowest BCUT2D eigenvalue weighted by Gasteiger charge is -2.32. The van der Waals surface area contributed by atoms with Crippen molar-refractivity contribution in [1.29, 1.82) is 0 Å². The van der Waals surface area contributed by atoms with Gasteiger partial charge in [0, 0.05) is 19.1 Å². The standard InChI is InChI=1S/C20H28N4O2/c1-14-7-6-10-23(11-14)12-15(2)21-19(25)13-24-16(3)22-18-9-5-4-8-17(18)20(24)26/h4-5,8-9,14-15H,6-7,10-13H2,1-3H3,(H,21,25)/t14-,15+/m0/s1. The number of aryl methyl sites for hydroxylation is 1. The van der Waals surface area contributed by atoms with Gasteiger partial charge in [0.1, 0.15) is 12.4 Å². The van der Waals surface area contributed by atoms with Crippen molar-refractivity contribution in [2.45, 2.75) is 46.2 Å². The van der Waals surface area contributed by atoms with E-state index < -0.39 is 0 Å². The molecule has 6 heteroatoms. The molecule has 1 aromatic heterocycles. The molecule has 1 aliphatic heterocycles. The second kappa shape index (κ2) is 7.99. The molecule has 0 bridgehead atoms. The lowest BCUT2D eigenvalue weighted by molar-refractivity contribution is -0.122. The van der Waals surface area contributed by atoms with Crippen LogP contribution in [0.2, 0.25) is 0 Å². The molecule has 0 spiro atoms. The number of carbonyl (C=O) groups is 1. The van der Waals surface area contributed by atoms with Gasteiger partial charge in [-0.25, -0.2) is 4.98 Å². The van der Waals surface area contributed by atoms with Crippen LogP contribution in [0.3, 0.4) is 0 Å². The molecule has 1 saturated heterocycles. The van der Waals surface area contributed by atoms with E-state index in [9.17, 15) is 9.59 Å². The minimum absolute atomic E-state index is 0.00322. The molecule has 0 radical (unpaired) electrons. The molecule has 140 valence electrons. The number of amides is 1. The van der Waals surface area contributed by atoms with Crippen molar-refractivity contribution in [3.8, 4) is 0 Å². The van der Waals surface area contributed by atoms with Crippen LogP contribution in [-0.4, -0.2) is 46.0 Å². The summed E-state index contributed by atoms with van der Waals surface area (Å²) in [5.41, 5.74) is 0.500. The topological polar surface area (TPSA) is 67.2 Å². The minimum atomic E-state index is -0.166. The van der Waals surface area contributed by atoms with E-state index in [2.05, 4.69) is 22.1 Å². The molecule has 3 rings (SSSR count). The number of nitrogens with one attached hydrogen (secondary N) is 1. The summed E-state index contributed by atoms with van der Waals surface area (Å²) in [7, 11) is 0. The molecule has 0 unspecified atom stereocenters. The zero-order valence-electron chi connectivity index (χ0n) is 15.9. The van der Waals surface area contributed by atoms with Crippen molar-refractivity contribution < 1.29 is 4.79 Å². The smallest absolute Gasteiger partial charge is 0.261 e. The summed E-state index contributed by atoms with van der Waals surface area (Å²) in [6.45, 7) is 9.09. The Bertz CT molecular complexity index is 845. The summed E-state index contributed by atoms with van der Waals surface area (Å²) >= 11 is 0. The van der Waals surface area contributed by atoms with Crippen molar-refractivity contribution in [2.75, 3.05) is 19.6 Å². The van der Waals surface area contributed by atoms with Gasteiger partial charge in [-0.3, -0.25) is 14.2 Å². The molecular formula is C20H28N4O2. The van der Waals surface area contributed by atoms with Gasteiger partial charge in [-0.15, -0.1) is 0 Å². The van der Waals surface area contributed by atoms with Crippen LogP contribution in [0.25, 0.3) is 10.9 Å². The molecule has 1 N–H and O–H groups in total. The highest BCUT2D eigenvalue weighted by Crippen LogP contribution is 2.15. The van der Waals surface area contributed by atoms with Crippen LogP contribution in [0.1, 0.15) is 32.5 Å². The third-order valence-electron chi connectivity index (χ3n) is 5.03. The first kappa shape index (κ1) is 18.6. The van der Waals surface area contributed by atoms with Crippen molar-refractivity contribution in [3.05, 3.63) is 40.4 Å². The highest BCUT2D eigenvalue weighted by molar-refractivity contribution is 5.79. The summed E-state index contributed by atoms with van der Waals surface area (Å²) in [4.78, 5) is 32.0. The lowest BCUT2D eigenvalue weighted by Crippen LogP contribution is -2.46. The van der Waals surface area contributed by atoms with Gasteiger partial charge in [0.05, 0.1) is 10.9 Å². The summed E-state index contributed by atoms with van der Waals surface area (Å²) < 4.78 is 1.45. The number of benzene rings is 1. The molecule has 2 atom stereocenters. The van der Waals surface area contributed by atoms with Crippen LogP contribution < -0.4 is 10.9 Å². The van der Waals surface area contributed by atoms with Gasteiger partial charge in [-0.1, -0.05) is 19.1 Å². The van der Waals surface area contributed by atoms with E-state index in [1.165, 1.54) is 17.4 Å². The van der Waals surface area contributed by atoms with Gasteiger partial charge in [-0.05, 0) is 51.3 Å². The van der Waals surface area contributed by atoms with E-state index >= 15 is 0 Å². The van der Waals surface area contributed by atoms with Gasteiger partial charge in [0.2, 0.25) is 5.91 Å². The Morgan fingerprint density at radius 3 is 2.92 bits per heavy atom. The van der Waals surface area contributed by atoms with Crippen LogP contribution in [0, 0.1) is 12.8 Å². The molecular weight excluding hydrogens is 328 g/mol. The Kier molecular flexibility index (Phi) is 5.71. The second-order valence-electron chi connectivity index (χ2n) is 7.54. The fraction of sp³-hybridized carbons (Fsp3) is 0.550. The summed E-state index contributed by atoms with van der Waals surface area (Å²) in [6, 6.07) is 7.28. The normalized spacial score (nSPS) is 19.4. The Hall–Kier alpha value is -2.21. The predicted octanol–water partition coefficient (Wildman–Crippen LogP) is 1.94. The average Bonchev–Trinajstić information content (AvgIpc) is 2.58. The summed E-state index contributed by atoms with van der Waals surface area (Å²) in [5, 5.41) is 3.57. The zero-order valence-corrected chi connectivity index (χ0v) is 15.9. The number of piperidine rings is 1. The van der Waals surface area contributed by atoms with Crippen molar-refractivity contribution in [2.24, 2.45) is 5.92 Å². The molecule has 2 aromatic rings. The Labute approximate surface area is 154 Å². The maximum Gasteiger partial charge on any atom is 0.261 e. The molecule has 1 aliphatic rings. The maximum absolute atomic E-state index is 12.7. The first-order valence-corrected chi connectivity index (χ1v) is 9.42. The zero-order chi connectivity index (χ0) is 18.7. The number of hydrogen-bond donors (Lipinski definition) is 1. The van der Waals surface area contributed by atoms with Gasteiger partial charge >= 0.3 is 0 Å². The van der Waals surface area contributed by atoms with E-state index in [4.69, 9.17) is 0 Å². The van der Waals surface area contributed by atoms with Crippen LogP contribution in [-0.2, 0) is 11.3 Å². The van der Waals surface area contributed by atoms with Crippen molar-refractivity contribution in [3.63, 3.8) is 0 Å². The third kappa shape index (κ3) is 4.30. The molecule has 6 nitrogen and oxygen atoms in total. The number of aromatic nitrogens is 2. The third-order valence-corrected chi connectivity index (χ3v) is 5.03. The first-order valence-electron chi connectivity index (χ1n) is 9.42. The van der Waals surface area contributed by atoms with E-state index in [1.54, 1.807) is 13.0 Å². The quantitative estimate of drug-likeness (QED) is 0.889. The van der Waals surface area contributed by atoms with Crippen LogP contribution >= 0.6 is 0 Å². The van der Waals surface area contributed by atoms with E-state index in [1.807, 2.05) is 25.1 Å². The van der Waals surface area contributed by atoms with E-state index in [0.29, 0.717) is 16.7 Å². The number of rotatable bonds is 5. The van der Waals surface area contributed by atoms with E-state index in [0.717, 1.165) is 25.6 Å². The average molecular weight is 356 g/mol. The Balaban J connectivity index is 1.64. The first-order chi connectivity index (χ1) is 12.4. The minimum Gasteiger partial charge on any atom is -0.351 e. The molecule has 1 fully saturated rings. The monoisotopic (exact) mass is 356 g/mol. The van der Waals surface area contributed by atoms with Gasteiger partial charge in [0.15, 0.2) is 0 Å². The summed E-state index contributed by atoms with van der Waals surface area (Å²) in [5.74, 6) is 1.13. The predicted molar refractivity (Wildman–Crippen MR) is 103 cm³/mol. The molecule has 1 amide bonds. The van der Waals surface area contributed by atoms with Crippen LogP contribution in [0.4, 0.5) is 0 Å². The SMILES string of the molecule is Cc1nc2ccccc2c(=O)n1CC(=O)N[C@H](C)CN1CCC[C@H](C)C1. The lowest BCUT2D eigenvalue weighted by atomic mass is 10.00. The van der Waals surface area contributed by atoms with Gasteiger partial charge in [-0.2, -0.15) is 0 Å². The number of hydrogen-bond acceptors (Lipinski definition) is 4. The fourth-order valence-electron chi connectivity index (χ4n) is 3.81. The van der Waals surface area contributed by atoms with Crippen LogP contribution in [0.15, 0.2) is 29.1 Å². The molecule has 1 aromatic carbocycles. The van der Waals surface area contributed by atoms with Crippen molar-refractivity contribution in [1.82, 2.24) is 19.8 Å². The fourth-order valence-corrected chi connectivity index (χ4v) is 3.81. The maximum atomic E-state index is 12.7. The highest BCUT2D eigenvalue weighted by Gasteiger charge is 2.19. The van der Waals surface area contributed by atoms with Gasteiger partial charge in [0.25, 0.3) is 5.56 Å². The largest absolute Gasteiger partial charge is 0.351 e. The Morgan fingerprint density at radius 1 is 1.38 bits per heavy atom. The van der Waals surface area contributed by atoms with E-state index in [-0.39, 0.29) is 24.1 Å². The number of likely N-dealkylation sites (tertiary alicyclic amines) is 1. The van der Waals surface area contributed by atoms with Crippen LogP contribution in [0.5, 0.6) is 0 Å².